The van der Waals surface area contributed by atoms with Gasteiger partial charge in [0.1, 0.15) is 5.50 Å². The van der Waals surface area contributed by atoms with E-state index in [2.05, 4.69) is 19.2 Å². The molecule has 0 amide bonds. The van der Waals surface area contributed by atoms with Crippen molar-refractivity contribution in [3.05, 3.63) is 0 Å². The Bertz CT molecular complexity index is 92.4. The predicted molar refractivity (Wildman–Crippen MR) is 37.6 cm³/mol. The second-order valence-electron chi connectivity index (χ2n) is 2.68. The standard InChI is InChI=1S/C5H12N2S/c1-5(2)3-7-4(6)8-5/h4,7H,3,6H2,1-2H3. The monoisotopic (exact) mass is 132 g/mol. The molecule has 2 nitrogen and oxygen atoms in total. The van der Waals surface area contributed by atoms with E-state index in [1.165, 1.54) is 0 Å². The van der Waals surface area contributed by atoms with Crippen LogP contribution >= 0.6 is 11.8 Å². The molecule has 48 valence electrons. The van der Waals surface area contributed by atoms with Crippen molar-refractivity contribution in [2.24, 2.45) is 5.73 Å². The molecule has 0 bridgehead atoms. The third-order valence-electron chi connectivity index (χ3n) is 1.17. The third kappa shape index (κ3) is 1.37. The molecule has 1 atom stereocenters. The number of thioether (sulfide) groups is 1. The Morgan fingerprint density at radius 3 is 2.50 bits per heavy atom. The summed E-state index contributed by atoms with van der Waals surface area (Å²) in [6.07, 6.45) is 0. The van der Waals surface area contributed by atoms with Crippen LogP contribution in [0.5, 0.6) is 0 Å². The minimum atomic E-state index is 0.157. The fourth-order valence-corrected chi connectivity index (χ4v) is 1.79. The molecule has 0 aromatic heterocycles. The number of rotatable bonds is 0. The quantitative estimate of drug-likeness (QED) is 0.499. The molecule has 1 unspecified atom stereocenters. The average molecular weight is 132 g/mol. The predicted octanol–water partition coefficient (Wildman–Crippen LogP) is 0.344. The number of hydrogen-bond donors (Lipinski definition) is 2. The van der Waals surface area contributed by atoms with E-state index in [9.17, 15) is 0 Å². The minimum absolute atomic E-state index is 0.157. The first kappa shape index (κ1) is 6.39. The van der Waals surface area contributed by atoms with E-state index in [-0.39, 0.29) is 5.50 Å². The van der Waals surface area contributed by atoms with Crippen LogP contribution in [0.2, 0.25) is 0 Å². The Labute approximate surface area is 54.2 Å². The van der Waals surface area contributed by atoms with Gasteiger partial charge >= 0.3 is 0 Å². The minimum Gasteiger partial charge on any atom is -0.307 e. The van der Waals surface area contributed by atoms with Crippen molar-refractivity contribution in [1.82, 2.24) is 5.32 Å². The molecule has 0 spiro atoms. The zero-order chi connectivity index (χ0) is 6.20. The van der Waals surface area contributed by atoms with Crippen LogP contribution in [-0.2, 0) is 0 Å². The van der Waals surface area contributed by atoms with Crippen LogP contribution < -0.4 is 11.1 Å². The largest absolute Gasteiger partial charge is 0.307 e. The molecule has 0 aromatic rings. The molecule has 0 aliphatic carbocycles. The van der Waals surface area contributed by atoms with Crippen LogP contribution in [0.25, 0.3) is 0 Å². The lowest BCUT2D eigenvalue weighted by Gasteiger charge is -2.12. The molecular weight excluding hydrogens is 120 g/mol. The summed E-state index contributed by atoms with van der Waals surface area (Å²) in [5, 5.41) is 3.15. The summed E-state index contributed by atoms with van der Waals surface area (Å²) in [4.78, 5) is 0. The molecule has 1 rings (SSSR count). The van der Waals surface area contributed by atoms with Gasteiger partial charge in [-0.15, -0.1) is 11.8 Å². The Morgan fingerprint density at radius 1 is 1.75 bits per heavy atom. The van der Waals surface area contributed by atoms with Crippen molar-refractivity contribution in [2.75, 3.05) is 6.54 Å². The van der Waals surface area contributed by atoms with Gasteiger partial charge in [0.2, 0.25) is 0 Å². The zero-order valence-electron chi connectivity index (χ0n) is 5.27. The normalized spacial score (nSPS) is 35.6. The van der Waals surface area contributed by atoms with E-state index in [0.29, 0.717) is 4.75 Å². The van der Waals surface area contributed by atoms with Gasteiger partial charge in [0, 0.05) is 11.3 Å². The Morgan fingerprint density at radius 2 is 2.38 bits per heavy atom. The lowest BCUT2D eigenvalue weighted by atomic mass is 10.2. The van der Waals surface area contributed by atoms with Crippen molar-refractivity contribution in [1.29, 1.82) is 0 Å². The van der Waals surface area contributed by atoms with Crippen molar-refractivity contribution in [2.45, 2.75) is 24.1 Å². The highest BCUT2D eigenvalue weighted by atomic mass is 32.2. The summed E-state index contributed by atoms with van der Waals surface area (Å²) < 4.78 is 0.347. The van der Waals surface area contributed by atoms with E-state index in [1.807, 2.05) is 0 Å². The summed E-state index contributed by atoms with van der Waals surface area (Å²) >= 11 is 1.79. The van der Waals surface area contributed by atoms with Gasteiger partial charge in [-0.2, -0.15) is 0 Å². The van der Waals surface area contributed by atoms with Crippen LogP contribution in [0.4, 0.5) is 0 Å². The molecule has 1 saturated heterocycles. The van der Waals surface area contributed by atoms with Gasteiger partial charge in [-0.3, -0.25) is 5.32 Å². The zero-order valence-corrected chi connectivity index (χ0v) is 6.09. The van der Waals surface area contributed by atoms with Gasteiger partial charge < -0.3 is 5.73 Å². The van der Waals surface area contributed by atoms with Crippen molar-refractivity contribution >= 4 is 11.8 Å². The van der Waals surface area contributed by atoms with Gasteiger partial charge in [-0.25, -0.2) is 0 Å². The Hall–Kier alpha value is 0.270. The van der Waals surface area contributed by atoms with Gasteiger partial charge in [-0.1, -0.05) is 0 Å². The van der Waals surface area contributed by atoms with E-state index >= 15 is 0 Å². The van der Waals surface area contributed by atoms with Crippen LogP contribution in [0.3, 0.4) is 0 Å². The van der Waals surface area contributed by atoms with Crippen LogP contribution in [0.15, 0.2) is 0 Å². The third-order valence-corrected chi connectivity index (χ3v) is 2.38. The summed E-state index contributed by atoms with van der Waals surface area (Å²) in [6.45, 7) is 5.41. The van der Waals surface area contributed by atoms with Crippen LogP contribution in [-0.4, -0.2) is 16.8 Å². The molecule has 1 fully saturated rings. The number of hydrogen-bond acceptors (Lipinski definition) is 3. The molecule has 3 heteroatoms. The SMILES string of the molecule is CC1(C)CNC(N)S1. The first-order chi connectivity index (χ1) is 3.60. The Kier molecular flexibility index (Phi) is 1.52. The maximum absolute atomic E-state index is 5.56. The van der Waals surface area contributed by atoms with E-state index in [4.69, 9.17) is 5.73 Å². The van der Waals surface area contributed by atoms with Gasteiger partial charge in [-0.05, 0) is 13.8 Å². The smallest absolute Gasteiger partial charge is 0.103 e. The van der Waals surface area contributed by atoms with Crippen LogP contribution in [0.1, 0.15) is 13.8 Å². The summed E-state index contributed by atoms with van der Waals surface area (Å²) in [5.74, 6) is 0. The lowest BCUT2D eigenvalue weighted by molar-refractivity contribution is 0.631. The molecule has 0 saturated carbocycles. The van der Waals surface area contributed by atoms with Gasteiger partial charge in [0.15, 0.2) is 0 Å². The van der Waals surface area contributed by atoms with Crippen molar-refractivity contribution in [3.8, 4) is 0 Å². The second kappa shape index (κ2) is 1.90. The number of nitrogens with two attached hydrogens (primary N) is 1. The highest BCUT2D eigenvalue weighted by Gasteiger charge is 2.28. The maximum Gasteiger partial charge on any atom is 0.103 e. The topological polar surface area (TPSA) is 38.0 Å². The fraction of sp³-hybridized carbons (Fsp3) is 1.00. The highest BCUT2D eigenvalue weighted by Crippen LogP contribution is 2.29. The highest BCUT2D eigenvalue weighted by molar-refractivity contribution is 8.01. The van der Waals surface area contributed by atoms with E-state index < -0.39 is 0 Å². The molecule has 1 heterocycles. The first-order valence-corrected chi connectivity index (χ1v) is 3.65. The summed E-state index contributed by atoms with van der Waals surface area (Å²) in [7, 11) is 0. The van der Waals surface area contributed by atoms with E-state index in [1.54, 1.807) is 11.8 Å². The number of nitrogens with one attached hydrogen (secondary N) is 1. The molecule has 1 aliphatic heterocycles. The molecule has 1 aliphatic rings. The van der Waals surface area contributed by atoms with Gasteiger partial charge in [0.05, 0.1) is 0 Å². The summed E-state index contributed by atoms with van der Waals surface area (Å²) in [5.41, 5.74) is 5.72. The average Bonchev–Trinajstić information content (AvgIpc) is 1.82. The molecule has 8 heavy (non-hydrogen) atoms. The Balaban J connectivity index is 2.44. The van der Waals surface area contributed by atoms with Crippen molar-refractivity contribution in [3.63, 3.8) is 0 Å². The van der Waals surface area contributed by atoms with Gasteiger partial charge in [0.25, 0.3) is 0 Å². The second-order valence-corrected chi connectivity index (χ2v) is 4.53. The fourth-order valence-electron chi connectivity index (χ4n) is 0.773. The lowest BCUT2D eigenvalue weighted by Crippen LogP contribution is -2.29. The van der Waals surface area contributed by atoms with Crippen LogP contribution in [0, 0.1) is 0 Å². The maximum atomic E-state index is 5.56. The molecule has 0 aromatic carbocycles. The molecule has 3 N–H and O–H groups in total. The summed E-state index contributed by atoms with van der Waals surface area (Å²) in [6, 6.07) is 0. The molecule has 0 radical (unpaired) electrons. The van der Waals surface area contributed by atoms with Crippen molar-refractivity contribution < 1.29 is 0 Å². The van der Waals surface area contributed by atoms with E-state index in [0.717, 1.165) is 6.54 Å². The first-order valence-electron chi connectivity index (χ1n) is 2.77. The molecular formula is C5H12N2S.